The number of rotatable bonds is 6. The highest BCUT2D eigenvalue weighted by Gasteiger charge is 2.29. The molecule has 6 nitrogen and oxygen atoms in total. The minimum absolute atomic E-state index is 0.0243. The van der Waals surface area contributed by atoms with Crippen molar-refractivity contribution >= 4 is 17.6 Å². The molecule has 118 valence electrons. The Morgan fingerprint density at radius 1 is 1.36 bits per heavy atom. The number of hydrogen-bond acceptors (Lipinski definition) is 5. The van der Waals surface area contributed by atoms with Gasteiger partial charge >= 0.3 is 5.97 Å². The summed E-state index contributed by atoms with van der Waals surface area (Å²) < 4.78 is 4.69. The molecule has 0 radical (unpaired) electrons. The highest BCUT2D eigenvalue weighted by Crippen LogP contribution is 2.17. The van der Waals surface area contributed by atoms with E-state index in [0.717, 1.165) is 0 Å². The Labute approximate surface area is 130 Å². The first-order chi connectivity index (χ1) is 10.3. The molecule has 0 unspecified atom stereocenters. The number of nitrogens with zero attached hydrogens (tertiary/aromatic N) is 1. The van der Waals surface area contributed by atoms with Crippen molar-refractivity contribution in [3.63, 3.8) is 0 Å². The van der Waals surface area contributed by atoms with Gasteiger partial charge < -0.3 is 15.4 Å². The lowest BCUT2D eigenvalue weighted by atomic mass is 9.90. The lowest BCUT2D eigenvalue weighted by Gasteiger charge is -2.27. The molecular weight excluding hydrogens is 282 g/mol. The highest BCUT2D eigenvalue weighted by atomic mass is 16.5. The molecule has 1 aromatic rings. The van der Waals surface area contributed by atoms with Crippen molar-refractivity contribution in [2.24, 2.45) is 5.92 Å². The maximum absolute atomic E-state index is 12.0. The maximum Gasteiger partial charge on any atom is 0.339 e. The number of esters is 1. The summed E-state index contributed by atoms with van der Waals surface area (Å²) in [4.78, 5) is 23.6. The molecule has 0 bridgehead atoms. The fraction of sp³-hybridized carbons (Fsp3) is 0.438. The van der Waals surface area contributed by atoms with E-state index in [2.05, 4.69) is 16.7 Å². The van der Waals surface area contributed by atoms with Crippen LogP contribution >= 0.6 is 0 Å². The standard InChI is InChI=1S/C16H21N3O3/c1-11(2)16(3,10-17)19-14(20)9-18-13-8-6-5-7-12(13)15(21)22-4/h5-8,11,18H,9H2,1-4H3,(H,19,20)/t16-/m1/s1. The predicted octanol–water partition coefficient (Wildman–Crippen LogP) is 1.94. The summed E-state index contributed by atoms with van der Waals surface area (Å²) in [6.45, 7) is 5.36. The van der Waals surface area contributed by atoms with Gasteiger partial charge in [-0.05, 0) is 25.0 Å². The molecule has 1 amide bonds. The number of nitriles is 1. The third kappa shape index (κ3) is 4.22. The summed E-state index contributed by atoms with van der Waals surface area (Å²) >= 11 is 0. The van der Waals surface area contributed by atoms with Gasteiger partial charge in [0.05, 0.1) is 25.3 Å². The molecule has 0 saturated carbocycles. The van der Waals surface area contributed by atoms with Crippen LogP contribution in [0.15, 0.2) is 24.3 Å². The van der Waals surface area contributed by atoms with Gasteiger partial charge in [0.2, 0.25) is 5.91 Å². The average Bonchev–Trinajstić information content (AvgIpc) is 2.52. The predicted molar refractivity (Wildman–Crippen MR) is 83.3 cm³/mol. The summed E-state index contributed by atoms with van der Waals surface area (Å²) in [5.74, 6) is -0.825. The quantitative estimate of drug-likeness (QED) is 0.784. The van der Waals surface area contributed by atoms with E-state index in [9.17, 15) is 14.9 Å². The van der Waals surface area contributed by atoms with Gasteiger partial charge in [0, 0.05) is 5.69 Å². The first kappa shape index (κ1) is 17.5. The Hall–Kier alpha value is -2.55. The van der Waals surface area contributed by atoms with E-state index in [1.54, 1.807) is 31.2 Å². The van der Waals surface area contributed by atoms with Crippen LogP contribution in [0, 0.1) is 17.2 Å². The average molecular weight is 303 g/mol. The third-order valence-corrected chi connectivity index (χ3v) is 3.56. The molecule has 1 aromatic carbocycles. The second-order valence-electron chi connectivity index (χ2n) is 5.41. The minimum Gasteiger partial charge on any atom is -0.465 e. The van der Waals surface area contributed by atoms with Gasteiger partial charge in [-0.2, -0.15) is 5.26 Å². The van der Waals surface area contributed by atoms with E-state index in [1.165, 1.54) is 7.11 Å². The number of carbonyl (C=O) groups is 2. The van der Waals surface area contributed by atoms with E-state index in [0.29, 0.717) is 11.3 Å². The summed E-state index contributed by atoms with van der Waals surface area (Å²) in [5.41, 5.74) is -0.0712. The van der Waals surface area contributed by atoms with Crippen LogP contribution in [0.4, 0.5) is 5.69 Å². The van der Waals surface area contributed by atoms with Gasteiger partial charge in [-0.15, -0.1) is 0 Å². The van der Waals surface area contributed by atoms with Gasteiger partial charge in [0.1, 0.15) is 5.54 Å². The molecule has 2 N–H and O–H groups in total. The highest BCUT2D eigenvalue weighted by molar-refractivity contribution is 5.96. The first-order valence-corrected chi connectivity index (χ1v) is 6.97. The first-order valence-electron chi connectivity index (χ1n) is 6.97. The van der Waals surface area contributed by atoms with Crippen LogP contribution in [-0.2, 0) is 9.53 Å². The Morgan fingerprint density at radius 2 is 2.00 bits per heavy atom. The number of amides is 1. The van der Waals surface area contributed by atoms with Crippen molar-refractivity contribution in [3.05, 3.63) is 29.8 Å². The molecule has 0 aromatic heterocycles. The van der Waals surface area contributed by atoms with Gasteiger partial charge in [0.25, 0.3) is 0 Å². The lowest BCUT2D eigenvalue weighted by Crippen LogP contribution is -2.50. The van der Waals surface area contributed by atoms with E-state index in [-0.39, 0.29) is 18.4 Å². The summed E-state index contributed by atoms with van der Waals surface area (Å²) in [5, 5.41) is 14.8. The summed E-state index contributed by atoms with van der Waals surface area (Å²) in [6.07, 6.45) is 0. The molecular formula is C16H21N3O3. The monoisotopic (exact) mass is 303 g/mol. The number of carbonyl (C=O) groups excluding carboxylic acids is 2. The zero-order valence-electron chi connectivity index (χ0n) is 13.3. The Balaban J connectivity index is 2.74. The molecule has 0 aliphatic rings. The van der Waals surface area contributed by atoms with Crippen molar-refractivity contribution in [1.29, 1.82) is 5.26 Å². The van der Waals surface area contributed by atoms with E-state index < -0.39 is 11.5 Å². The van der Waals surface area contributed by atoms with Crippen LogP contribution in [0.25, 0.3) is 0 Å². The number of methoxy groups -OCH3 is 1. The van der Waals surface area contributed by atoms with Crippen molar-refractivity contribution in [2.75, 3.05) is 19.0 Å². The molecule has 6 heteroatoms. The molecule has 1 rings (SSSR count). The molecule has 0 fully saturated rings. The number of para-hydroxylation sites is 1. The number of hydrogen-bond donors (Lipinski definition) is 2. The van der Waals surface area contributed by atoms with Crippen molar-refractivity contribution in [2.45, 2.75) is 26.3 Å². The van der Waals surface area contributed by atoms with E-state index in [1.807, 2.05) is 13.8 Å². The number of anilines is 1. The summed E-state index contributed by atoms with van der Waals surface area (Å²) in [6, 6.07) is 8.87. The lowest BCUT2D eigenvalue weighted by molar-refractivity contribution is -0.121. The fourth-order valence-electron chi connectivity index (χ4n) is 1.74. The van der Waals surface area contributed by atoms with Gasteiger partial charge in [-0.25, -0.2) is 4.79 Å². The SMILES string of the molecule is COC(=O)c1ccccc1NCC(=O)N[C@](C)(C#N)C(C)C. The summed E-state index contributed by atoms with van der Waals surface area (Å²) in [7, 11) is 1.30. The fourth-order valence-corrected chi connectivity index (χ4v) is 1.74. The topological polar surface area (TPSA) is 91.2 Å². The van der Waals surface area contributed by atoms with E-state index >= 15 is 0 Å². The normalized spacial score (nSPS) is 12.9. The van der Waals surface area contributed by atoms with Crippen LogP contribution in [0.1, 0.15) is 31.1 Å². The Morgan fingerprint density at radius 3 is 2.55 bits per heavy atom. The maximum atomic E-state index is 12.0. The van der Waals surface area contributed by atoms with Gasteiger partial charge in [-0.3, -0.25) is 4.79 Å². The van der Waals surface area contributed by atoms with Crippen LogP contribution in [0.2, 0.25) is 0 Å². The van der Waals surface area contributed by atoms with Crippen molar-refractivity contribution in [1.82, 2.24) is 5.32 Å². The molecule has 22 heavy (non-hydrogen) atoms. The second-order valence-corrected chi connectivity index (χ2v) is 5.41. The third-order valence-electron chi connectivity index (χ3n) is 3.56. The molecule has 0 saturated heterocycles. The molecule has 0 aliphatic heterocycles. The molecule has 1 atom stereocenters. The smallest absolute Gasteiger partial charge is 0.339 e. The minimum atomic E-state index is -0.930. The largest absolute Gasteiger partial charge is 0.465 e. The van der Waals surface area contributed by atoms with Crippen LogP contribution in [0.3, 0.4) is 0 Å². The second kappa shape index (κ2) is 7.46. The molecule has 0 aliphatic carbocycles. The molecule has 0 heterocycles. The van der Waals surface area contributed by atoms with Crippen LogP contribution < -0.4 is 10.6 Å². The molecule has 0 spiro atoms. The van der Waals surface area contributed by atoms with Gasteiger partial charge in [0.15, 0.2) is 0 Å². The number of ether oxygens (including phenoxy) is 1. The van der Waals surface area contributed by atoms with Crippen molar-refractivity contribution in [3.8, 4) is 6.07 Å². The zero-order valence-corrected chi connectivity index (χ0v) is 13.3. The number of nitrogens with one attached hydrogen (secondary N) is 2. The van der Waals surface area contributed by atoms with Crippen molar-refractivity contribution < 1.29 is 14.3 Å². The van der Waals surface area contributed by atoms with Gasteiger partial charge in [-0.1, -0.05) is 26.0 Å². The Bertz CT molecular complexity index is 593. The number of benzene rings is 1. The Kier molecular flexibility index (Phi) is 5.93. The van der Waals surface area contributed by atoms with E-state index in [4.69, 9.17) is 4.74 Å². The van der Waals surface area contributed by atoms with Crippen LogP contribution in [-0.4, -0.2) is 31.1 Å². The zero-order chi connectivity index (χ0) is 16.8. The van der Waals surface area contributed by atoms with Crippen LogP contribution in [0.5, 0.6) is 0 Å².